The number of aryl methyl sites for hydroxylation is 1. The highest BCUT2D eigenvalue weighted by Crippen LogP contribution is 2.17. The topological polar surface area (TPSA) is 83.2 Å². The maximum absolute atomic E-state index is 8.68. The molecular weight excluding hydrogens is 278 g/mol. The van der Waals surface area contributed by atoms with E-state index in [1.807, 2.05) is 6.07 Å². The van der Waals surface area contributed by atoms with Crippen LogP contribution in [0.1, 0.15) is 23.2 Å². The molecule has 1 atom stereocenters. The van der Waals surface area contributed by atoms with Crippen LogP contribution in [0.15, 0.2) is 41.6 Å². The van der Waals surface area contributed by atoms with Gasteiger partial charge in [-0.25, -0.2) is 0 Å². The molecule has 0 amide bonds. The third-order valence-corrected chi connectivity index (χ3v) is 3.41. The molecular formula is C16H15N5O. The highest BCUT2D eigenvalue weighted by atomic mass is 16.6. The lowest BCUT2D eigenvalue weighted by Crippen LogP contribution is -2.20. The average molecular weight is 293 g/mol. The molecule has 2 aromatic rings. The van der Waals surface area contributed by atoms with E-state index in [1.165, 1.54) is 5.56 Å². The standard InChI is InChI=1S/C16H15N5O/c1-11-2-4-12(5-3-11)15-8-14(22-21-15)10-18-16-7-6-13(9-17)19-20-16/h2-7,14H,8,10H2,1H3,(H,18,20). The van der Waals surface area contributed by atoms with E-state index in [9.17, 15) is 0 Å². The van der Waals surface area contributed by atoms with E-state index in [0.717, 1.165) is 17.7 Å². The molecule has 0 fully saturated rings. The van der Waals surface area contributed by atoms with E-state index in [1.54, 1.807) is 12.1 Å². The predicted octanol–water partition coefficient (Wildman–Crippen LogP) is 2.26. The number of hydrogen-bond acceptors (Lipinski definition) is 6. The van der Waals surface area contributed by atoms with E-state index >= 15 is 0 Å². The van der Waals surface area contributed by atoms with Gasteiger partial charge in [-0.15, -0.1) is 10.2 Å². The van der Waals surface area contributed by atoms with Gasteiger partial charge >= 0.3 is 0 Å². The Labute approximate surface area is 128 Å². The van der Waals surface area contributed by atoms with Gasteiger partial charge in [-0.1, -0.05) is 35.0 Å². The molecule has 0 radical (unpaired) electrons. The second kappa shape index (κ2) is 6.22. The molecule has 1 aliphatic heterocycles. The van der Waals surface area contributed by atoms with Crippen molar-refractivity contribution in [3.05, 3.63) is 53.2 Å². The van der Waals surface area contributed by atoms with Gasteiger partial charge in [-0.2, -0.15) is 5.26 Å². The maximum atomic E-state index is 8.68. The average Bonchev–Trinajstić information content (AvgIpc) is 3.03. The summed E-state index contributed by atoms with van der Waals surface area (Å²) in [7, 11) is 0. The highest BCUT2D eigenvalue weighted by molar-refractivity contribution is 6.01. The van der Waals surface area contributed by atoms with Crippen LogP contribution in [0.25, 0.3) is 0 Å². The van der Waals surface area contributed by atoms with Crippen LogP contribution >= 0.6 is 0 Å². The van der Waals surface area contributed by atoms with Gasteiger partial charge in [0.15, 0.2) is 5.69 Å². The number of oxime groups is 1. The zero-order chi connectivity index (χ0) is 15.4. The summed E-state index contributed by atoms with van der Waals surface area (Å²) in [4.78, 5) is 5.44. The predicted molar refractivity (Wildman–Crippen MR) is 82.4 cm³/mol. The summed E-state index contributed by atoms with van der Waals surface area (Å²) < 4.78 is 0. The number of nitrogens with one attached hydrogen (secondary N) is 1. The van der Waals surface area contributed by atoms with Crippen LogP contribution in [0, 0.1) is 18.3 Å². The quantitative estimate of drug-likeness (QED) is 0.934. The first-order chi connectivity index (χ1) is 10.7. The molecule has 2 heterocycles. The Hall–Kier alpha value is -2.94. The van der Waals surface area contributed by atoms with Crippen molar-refractivity contribution in [1.82, 2.24) is 10.2 Å². The van der Waals surface area contributed by atoms with Crippen molar-refractivity contribution in [3.8, 4) is 6.07 Å². The SMILES string of the molecule is Cc1ccc(C2=NOC(CNc3ccc(C#N)nn3)C2)cc1. The van der Waals surface area contributed by atoms with Crippen LogP contribution in [0.5, 0.6) is 0 Å². The zero-order valence-corrected chi connectivity index (χ0v) is 12.2. The van der Waals surface area contributed by atoms with Crippen molar-refractivity contribution >= 4 is 11.5 Å². The van der Waals surface area contributed by atoms with E-state index < -0.39 is 0 Å². The van der Waals surface area contributed by atoms with Crippen LogP contribution in [0.2, 0.25) is 0 Å². The lowest BCUT2D eigenvalue weighted by atomic mass is 10.0. The van der Waals surface area contributed by atoms with Gasteiger partial charge in [-0.3, -0.25) is 0 Å². The first kappa shape index (κ1) is 14.0. The molecule has 0 saturated carbocycles. The smallest absolute Gasteiger partial charge is 0.163 e. The summed E-state index contributed by atoms with van der Waals surface area (Å²) in [5, 5.41) is 23.7. The monoisotopic (exact) mass is 293 g/mol. The van der Waals surface area contributed by atoms with Gasteiger partial charge in [0, 0.05) is 6.42 Å². The number of anilines is 1. The molecule has 110 valence electrons. The molecule has 6 heteroatoms. The minimum absolute atomic E-state index is 0.0336. The summed E-state index contributed by atoms with van der Waals surface area (Å²) in [6.45, 7) is 2.64. The van der Waals surface area contributed by atoms with Crippen molar-refractivity contribution in [3.63, 3.8) is 0 Å². The first-order valence-electron chi connectivity index (χ1n) is 7.02. The van der Waals surface area contributed by atoms with Gasteiger partial charge in [0.25, 0.3) is 0 Å². The fourth-order valence-electron chi connectivity index (χ4n) is 2.16. The fraction of sp³-hybridized carbons (Fsp3) is 0.250. The van der Waals surface area contributed by atoms with E-state index in [0.29, 0.717) is 18.1 Å². The third-order valence-electron chi connectivity index (χ3n) is 3.41. The maximum Gasteiger partial charge on any atom is 0.163 e. The number of rotatable bonds is 4. The number of aromatic nitrogens is 2. The van der Waals surface area contributed by atoms with Crippen molar-refractivity contribution < 1.29 is 4.84 Å². The summed E-state index contributed by atoms with van der Waals surface area (Å²) in [5.41, 5.74) is 3.57. The lowest BCUT2D eigenvalue weighted by molar-refractivity contribution is 0.0948. The van der Waals surface area contributed by atoms with Gasteiger partial charge in [0.2, 0.25) is 0 Å². The Morgan fingerprint density at radius 2 is 2.05 bits per heavy atom. The normalized spacial score (nSPS) is 16.5. The Kier molecular flexibility index (Phi) is 3.97. The largest absolute Gasteiger partial charge is 0.390 e. The van der Waals surface area contributed by atoms with E-state index in [4.69, 9.17) is 10.1 Å². The van der Waals surface area contributed by atoms with Crippen molar-refractivity contribution in [2.24, 2.45) is 5.16 Å². The fourth-order valence-corrected chi connectivity index (χ4v) is 2.16. The molecule has 1 aromatic carbocycles. The van der Waals surface area contributed by atoms with Gasteiger partial charge in [0.05, 0.1) is 12.3 Å². The van der Waals surface area contributed by atoms with Crippen LogP contribution in [0.4, 0.5) is 5.82 Å². The molecule has 1 N–H and O–H groups in total. The minimum Gasteiger partial charge on any atom is -0.390 e. The lowest BCUT2D eigenvalue weighted by Gasteiger charge is -2.09. The van der Waals surface area contributed by atoms with Crippen LogP contribution in [-0.2, 0) is 4.84 Å². The van der Waals surface area contributed by atoms with Gasteiger partial charge < -0.3 is 10.2 Å². The second-order valence-electron chi connectivity index (χ2n) is 5.13. The van der Waals surface area contributed by atoms with E-state index in [2.05, 4.69) is 51.9 Å². The third kappa shape index (κ3) is 3.20. The van der Waals surface area contributed by atoms with E-state index in [-0.39, 0.29) is 6.10 Å². The molecule has 3 rings (SSSR count). The first-order valence-corrected chi connectivity index (χ1v) is 7.02. The summed E-state index contributed by atoms with van der Waals surface area (Å²) in [6.07, 6.45) is 0.716. The number of hydrogen-bond donors (Lipinski definition) is 1. The van der Waals surface area contributed by atoms with Crippen molar-refractivity contribution in [1.29, 1.82) is 5.26 Å². The van der Waals surface area contributed by atoms with Gasteiger partial charge in [-0.05, 0) is 24.6 Å². The molecule has 22 heavy (non-hydrogen) atoms. The second-order valence-corrected chi connectivity index (χ2v) is 5.13. The highest BCUT2D eigenvalue weighted by Gasteiger charge is 2.22. The minimum atomic E-state index is -0.0336. The number of nitrogens with zero attached hydrogens (tertiary/aromatic N) is 4. The molecule has 6 nitrogen and oxygen atoms in total. The molecule has 1 aliphatic rings. The Balaban J connectivity index is 1.53. The van der Waals surface area contributed by atoms with Crippen LogP contribution in [-0.4, -0.2) is 28.6 Å². The Morgan fingerprint density at radius 3 is 2.73 bits per heavy atom. The number of benzene rings is 1. The van der Waals surface area contributed by atoms with Crippen molar-refractivity contribution in [2.45, 2.75) is 19.4 Å². The molecule has 0 saturated heterocycles. The van der Waals surface area contributed by atoms with Gasteiger partial charge in [0.1, 0.15) is 18.0 Å². The molecule has 0 aliphatic carbocycles. The Bertz CT molecular complexity index is 716. The summed E-state index contributed by atoms with van der Waals surface area (Å²) in [5.74, 6) is 0.617. The van der Waals surface area contributed by atoms with Crippen LogP contribution < -0.4 is 5.32 Å². The zero-order valence-electron chi connectivity index (χ0n) is 12.2. The number of nitriles is 1. The summed E-state index contributed by atoms with van der Waals surface area (Å²) in [6, 6.07) is 13.5. The molecule has 0 spiro atoms. The Morgan fingerprint density at radius 1 is 1.23 bits per heavy atom. The van der Waals surface area contributed by atoms with Crippen molar-refractivity contribution in [2.75, 3.05) is 11.9 Å². The molecule has 1 unspecified atom stereocenters. The van der Waals surface area contributed by atoms with Crippen LogP contribution in [0.3, 0.4) is 0 Å². The summed E-state index contributed by atoms with van der Waals surface area (Å²) >= 11 is 0. The molecule has 1 aromatic heterocycles. The molecule has 0 bridgehead atoms.